The molecule has 1 aromatic rings. The minimum atomic E-state index is -0.0195. The van der Waals surface area contributed by atoms with Gasteiger partial charge >= 0.3 is 0 Å². The van der Waals surface area contributed by atoms with Crippen molar-refractivity contribution in [2.75, 3.05) is 6.61 Å². The lowest BCUT2D eigenvalue weighted by Crippen LogP contribution is -2.53. The van der Waals surface area contributed by atoms with Gasteiger partial charge in [0.2, 0.25) is 0 Å². The number of nitrogens with zero attached hydrogens (tertiary/aromatic N) is 1. The van der Waals surface area contributed by atoms with E-state index < -0.39 is 0 Å². The fourth-order valence-electron chi connectivity index (χ4n) is 2.80. The highest BCUT2D eigenvalue weighted by molar-refractivity contribution is 8.01. The smallest absolute Gasteiger partial charge is 0.150 e. The number of hydrogen-bond donors (Lipinski definition) is 2. The molecule has 2 N–H and O–H groups in total. The molecular formula is C13H20N2OS2. The Morgan fingerprint density at radius 2 is 2.39 bits per heavy atom. The Kier molecular flexibility index (Phi) is 3.94. The molecule has 100 valence electrons. The van der Waals surface area contributed by atoms with Crippen molar-refractivity contribution in [3.05, 3.63) is 11.6 Å². The van der Waals surface area contributed by atoms with Gasteiger partial charge in [0.1, 0.15) is 4.34 Å². The zero-order chi connectivity index (χ0) is 12.4. The molecule has 2 aliphatic rings. The Hall–Kier alpha value is -0.100. The summed E-state index contributed by atoms with van der Waals surface area (Å²) in [5, 5.41) is 16.1. The topological polar surface area (TPSA) is 45.1 Å². The first-order valence-electron chi connectivity index (χ1n) is 6.74. The van der Waals surface area contributed by atoms with Gasteiger partial charge in [-0.15, -0.1) is 11.3 Å². The predicted octanol–water partition coefficient (Wildman–Crippen LogP) is 2.66. The Balaban J connectivity index is 1.62. The zero-order valence-corrected chi connectivity index (χ0v) is 12.1. The molecule has 0 spiro atoms. The van der Waals surface area contributed by atoms with Crippen molar-refractivity contribution in [2.24, 2.45) is 0 Å². The molecule has 0 aliphatic heterocycles. The molecule has 2 atom stereocenters. The normalized spacial score (nSPS) is 32.6. The second-order valence-electron chi connectivity index (χ2n) is 5.49. The molecule has 0 amide bonds. The van der Waals surface area contributed by atoms with Crippen molar-refractivity contribution >= 4 is 23.1 Å². The van der Waals surface area contributed by atoms with Gasteiger partial charge < -0.3 is 10.4 Å². The summed E-state index contributed by atoms with van der Waals surface area (Å²) in [5.74, 6) is 0. The third-order valence-corrected chi connectivity index (χ3v) is 6.05. The maximum atomic E-state index is 9.78. The van der Waals surface area contributed by atoms with E-state index >= 15 is 0 Å². The molecule has 2 saturated carbocycles. The van der Waals surface area contributed by atoms with Gasteiger partial charge in [0.25, 0.3) is 0 Å². The number of nitrogens with one attached hydrogen (secondary N) is 1. The van der Waals surface area contributed by atoms with E-state index in [0.717, 1.165) is 12.8 Å². The second kappa shape index (κ2) is 5.49. The van der Waals surface area contributed by atoms with E-state index in [2.05, 4.69) is 10.3 Å². The van der Waals surface area contributed by atoms with Crippen molar-refractivity contribution in [2.45, 2.75) is 59.7 Å². The fourth-order valence-corrected chi connectivity index (χ4v) is 5.05. The number of rotatable bonds is 5. The Morgan fingerprint density at radius 3 is 3.06 bits per heavy atom. The van der Waals surface area contributed by atoms with Crippen LogP contribution in [0.3, 0.4) is 0 Å². The van der Waals surface area contributed by atoms with Crippen molar-refractivity contribution < 1.29 is 5.11 Å². The zero-order valence-electron chi connectivity index (χ0n) is 10.5. The molecule has 18 heavy (non-hydrogen) atoms. The summed E-state index contributed by atoms with van der Waals surface area (Å²) in [4.78, 5) is 4.36. The molecule has 3 rings (SSSR count). The molecule has 2 aliphatic carbocycles. The van der Waals surface area contributed by atoms with Crippen LogP contribution < -0.4 is 5.32 Å². The van der Waals surface area contributed by atoms with Gasteiger partial charge in [-0.1, -0.05) is 18.2 Å². The molecule has 5 heteroatoms. The van der Waals surface area contributed by atoms with Crippen molar-refractivity contribution in [1.29, 1.82) is 0 Å². The summed E-state index contributed by atoms with van der Waals surface area (Å²) in [6.07, 6.45) is 9.09. The number of thiazole rings is 1. The molecule has 2 fully saturated rings. The van der Waals surface area contributed by atoms with Crippen LogP contribution in [0.15, 0.2) is 15.9 Å². The first kappa shape index (κ1) is 12.9. The van der Waals surface area contributed by atoms with Gasteiger partial charge in [0.15, 0.2) is 0 Å². The van der Waals surface area contributed by atoms with Gasteiger partial charge in [-0.05, 0) is 32.1 Å². The van der Waals surface area contributed by atoms with Crippen molar-refractivity contribution in [1.82, 2.24) is 10.3 Å². The van der Waals surface area contributed by atoms with Crippen LogP contribution in [0.4, 0.5) is 0 Å². The summed E-state index contributed by atoms with van der Waals surface area (Å²) >= 11 is 3.61. The molecule has 0 radical (unpaired) electrons. The Morgan fingerprint density at radius 1 is 1.50 bits per heavy atom. The van der Waals surface area contributed by atoms with Gasteiger partial charge in [-0.2, -0.15) is 0 Å². The number of hydrogen-bond acceptors (Lipinski definition) is 5. The van der Waals surface area contributed by atoms with Crippen LogP contribution in [0, 0.1) is 0 Å². The first-order valence-corrected chi connectivity index (χ1v) is 8.50. The molecular weight excluding hydrogens is 264 g/mol. The lowest BCUT2D eigenvalue weighted by molar-refractivity contribution is 0.122. The number of thioether (sulfide) groups is 1. The van der Waals surface area contributed by atoms with Crippen LogP contribution in [-0.4, -0.2) is 33.5 Å². The monoisotopic (exact) mass is 284 g/mol. The summed E-state index contributed by atoms with van der Waals surface area (Å²) in [7, 11) is 0. The number of aliphatic hydroxyl groups excluding tert-OH is 1. The molecule has 0 saturated heterocycles. The molecule has 2 unspecified atom stereocenters. The summed E-state index contributed by atoms with van der Waals surface area (Å²) in [5.41, 5.74) is -0.0195. The molecule has 1 aromatic heterocycles. The summed E-state index contributed by atoms with van der Waals surface area (Å²) in [6.45, 7) is 0.276. The highest BCUT2D eigenvalue weighted by Crippen LogP contribution is 2.40. The lowest BCUT2D eigenvalue weighted by Gasteiger charge is -2.40. The van der Waals surface area contributed by atoms with Crippen molar-refractivity contribution in [3.8, 4) is 0 Å². The third-order valence-electron chi connectivity index (χ3n) is 3.87. The van der Waals surface area contributed by atoms with Gasteiger partial charge in [0, 0.05) is 28.4 Å². The molecule has 0 bridgehead atoms. The Labute approximate surface area is 116 Å². The first-order chi connectivity index (χ1) is 8.80. The van der Waals surface area contributed by atoms with E-state index in [9.17, 15) is 5.11 Å². The van der Waals surface area contributed by atoms with E-state index in [1.54, 1.807) is 11.3 Å². The molecule has 3 nitrogen and oxygen atoms in total. The van der Waals surface area contributed by atoms with Gasteiger partial charge in [-0.25, -0.2) is 4.98 Å². The quantitative estimate of drug-likeness (QED) is 0.872. The van der Waals surface area contributed by atoms with Crippen LogP contribution in [0.2, 0.25) is 0 Å². The third kappa shape index (κ3) is 3.07. The maximum absolute atomic E-state index is 9.78. The molecule has 0 aromatic carbocycles. The van der Waals surface area contributed by atoms with E-state index in [1.807, 2.05) is 23.3 Å². The Bertz CT molecular complexity index is 380. The minimum Gasteiger partial charge on any atom is -0.394 e. The predicted molar refractivity (Wildman–Crippen MR) is 76.2 cm³/mol. The maximum Gasteiger partial charge on any atom is 0.150 e. The van der Waals surface area contributed by atoms with E-state index in [4.69, 9.17) is 0 Å². The molecule has 1 heterocycles. The van der Waals surface area contributed by atoms with Crippen LogP contribution >= 0.6 is 23.1 Å². The lowest BCUT2D eigenvalue weighted by atomic mass is 9.82. The second-order valence-corrected chi connectivity index (χ2v) is 7.93. The minimum absolute atomic E-state index is 0.0195. The van der Waals surface area contributed by atoms with Crippen LogP contribution in [0.5, 0.6) is 0 Å². The highest BCUT2D eigenvalue weighted by atomic mass is 32.2. The van der Waals surface area contributed by atoms with Crippen LogP contribution in [-0.2, 0) is 0 Å². The van der Waals surface area contributed by atoms with Gasteiger partial charge in [-0.3, -0.25) is 0 Å². The van der Waals surface area contributed by atoms with Crippen LogP contribution in [0.1, 0.15) is 38.5 Å². The average Bonchev–Trinajstić information content (AvgIpc) is 3.03. The largest absolute Gasteiger partial charge is 0.394 e. The SMILES string of the molecule is OCC1(NC2CC2)CCCC(Sc2nccs2)C1. The fraction of sp³-hybridized carbons (Fsp3) is 0.769. The van der Waals surface area contributed by atoms with Gasteiger partial charge in [0.05, 0.1) is 6.61 Å². The highest BCUT2D eigenvalue weighted by Gasteiger charge is 2.40. The number of aliphatic hydroxyl groups is 1. The van der Waals surface area contributed by atoms with E-state index in [0.29, 0.717) is 11.3 Å². The van der Waals surface area contributed by atoms with E-state index in [1.165, 1.54) is 30.0 Å². The summed E-state index contributed by atoms with van der Waals surface area (Å²) < 4.78 is 1.17. The summed E-state index contributed by atoms with van der Waals surface area (Å²) in [6, 6.07) is 0.667. The standard InChI is InChI=1S/C13H20N2OS2/c16-9-13(15-10-3-4-10)5-1-2-11(8-13)18-12-14-6-7-17-12/h6-7,10-11,15-16H,1-5,8-9H2. The average molecular weight is 284 g/mol. The van der Waals surface area contributed by atoms with Crippen molar-refractivity contribution in [3.63, 3.8) is 0 Å². The van der Waals surface area contributed by atoms with Crippen LogP contribution in [0.25, 0.3) is 0 Å². The van der Waals surface area contributed by atoms with E-state index in [-0.39, 0.29) is 12.1 Å². The number of aromatic nitrogens is 1.